The van der Waals surface area contributed by atoms with E-state index >= 15 is 0 Å². The second-order valence-corrected chi connectivity index (χ2v) is 8.65. The van der Waals surface area contributed by atoms with Gasteiger partial charge in [0.05, 0.1) is 11.5 Å². The Balaban J connectivity index is 1.60. The van der Waals surface area contributed by atoms with Crippen LogP contribution in [-0.4, -0.2) is 60.3 Å². The molecule has 1 N–H and O–H groups in total. The third kappa shape index (κ3) is 4.57. The molecular formula is C18H22N4O3S. The molecular weight excluding hydrogens is 352 g/mol. The first-order chi connectivity index (χ1) is 12.4. The Morgan fingerprint density at radius 1 is 1.27 bits per heavy atom. The maximum atomic E-state index is 12.6. The monoisotopic (exact) mass is 374 g/mol. The van der Waals surface area contributed by atoms with Gasteiger partial charge in [0.2, 0.25) is 0 Å². The first-order valence-electron chi connectivity index (χ1n) is 8.52. The highest BCUT2D eigenvalue weighted by atomic mass is 32.2. The van der Waals surface area contributed by atoms with Gasteiger partial charge in [0.25, 0.3) is 5.91 Å². The van der Waals surface area contributed by atoms with Crippen LogP contribution in [-0.2, 0) is 16.3 Å². The highest BCUT2D eigenvalue weighted by Gasteiger charge is 2.33. The van der Waals surface area contributed by atoms with Crippen molar-refractivity contribution in [1.82, 2.24) is 14.9 Å². The smallest absolute Gasteiger partial charge is 0.272 e. The van der Waals surface area contributed by atoms with Crippen molar-refractivity contribution >= 4 is 21.6 Å². The van der Waals surface area contributed by atoms with Crippen molar-refractivity contribution in [1.29, 1.82) is 0 Å². The molecule has 1 amide bonds. The van der Waals surface area contributed by atoms with Crippen LogP contribution in [0.5, 0.6) is 0 Å². The summed E-state index contributed by atoms with van der Waals surface area (Å²) < 4.78 is 23.2. The highest BCUT2D eigenvalue weighted by molar-refractivity contribution is 7.91. The van der Waals surface area contributed by atoms with Gasteiger partial charge in [-0.2, -0.15) is 0 Å². The molecule has 0 saturated carbocycles. The van der Waals surface area contributed by atoms with Crippen LogP contribution in [0.4, 0.5) is 5.82 Å². The SMILES string of the molecule is CN(C(=O)c1cc(NCCc2ccccc2)ncn1)C1CCS(=O)(=O)C1. The molecule has 2 aromatic rings. The third-order valence-corrected chi connectivity index (χ3v) is 6.28. The van der Waals surface area contributed by atoms with Crippen molar-refractivity contribution < 1.29 is 13.2 Å². The van der Waals surface area contributed by atoms with E-state index in [-0.39, 0.29) is 29.1 Å². The Labute approximate surface area is 153 Å². The molecule has 1 atom stereocenters. The van der Waals surface area contributed by atoms with Gasteiger partial charge < -0.3 is 10.2 Å². The molecule has 1 aliphatic rings. The first kappa shape index (κ1) is 18.3. The average Bonchev–Trinajstić information content (AvgIpc) is 3.01. The molecule has 1 aliphatic heterocycles. The van der Waals surface area contributed by atoms with Crippen molar-refractivity contribution in [2.24, 2.45) is 0 Å². The Kier molecular flexibility index (Phi) is 5.51. The van der Waals surface area contributed by atoms with E-state index in [9.17, 15) is 13.2 Å². The standard InChI is InChI=1S/C18H22N4O3S/c1-22(15-8-10-26(24,25)12-15)18(23)16-11-17(21-13-20-16)19-9-7-14-5-3-2-4-6-14/h2-6,11,13,15H,7-10,12H2,1H3,(H,19,20,21). The minimum absolute atomic E-state index is 0.0164. The number of hydrogen-bond acceptors (Lipinski definition) is 6. The summed E-state index contributed by atoms with van der Waals surface area (Å²) in [6.45, 7) is 0.686. The number of benzene rings is 1. The van der Waals surface area contributed by atoms with E-state index < -0.39 is 9.84 Å². The molecule has 1 fully saturated rings. The number of aromatic nitrogens is 2. The molecule has 0 aliphatic carbocycles. The van der Waals surface area contributed by atoms with Crippen LogP contribution < -0.4 is 5.32 Å². The van der Waals surface area contributed by atoms with Gasteiger partial charge in [0.1, 0.15) is 17.8 Å². The molecule has 1 aromatic heterocycles. The number of hydrogen-bond donors (Lipinski definition) is 1. The summed E-state index contributed by atoms with van der Waals surface area (Å²) in [7, 11) is -1.42. The van der Waals surface area contributed by atoms with Gasteiger partial charge in [0, 0.05) is 25.7 Å². The summed E-state index contributed by atoms with van der Waals surface area (Å²) in [6, 6.07) is 11.4. The molecule has 3 rings (SSSR count). The number of sulfone groups is 1. The van der Waals surface area contributed by atoms with Crippen molar-refractivity contribution in [3.05, 3.63) is 54.0 Å². The zero-order valence-electron chi connectivity index (χ0n) is 14.6. The summed E-state index contributed by atoms with van der Waals surface area (Å²) in [6.07, 6.45) is 2.66. The van der Waals surface area contributed by atoms with Gasteiger partial charge in [-0.05, 0) is 18.4 Å². The molecule has 26 heavy (non-hydrogen) atoms. The molecule has 8 heteroatoms. The van der Waals surface area contributed by atoms with Crippen molar-refractivity contribution in [3.63, 3.8) is 0 Å². The number of carbonyl (C=O) groups excluding carboxylic acids is 1. The van der Waals surface area contributed by atoms with Crippen LogP contribution >= 0.6 is 0 Å². The molecule has 1 aromatic carbocycles. The summed E-state index contributed by atoms with van der Waals surface area (Å²) in [5.74, 6) is 0.431. The highest BCUT2D eigenvalue weighted by Crippen LogP contribution is 2.18. The first-order valence-corrected chi connectivity index (χ1v) is 10.3. The number of amides is 1. The van der Waals surface area contributed by atoms with Gasteiger partial charge in [-0.25, -0.2) is 18.4 Å². The van der Waals surface area contributed by atoms with Crippen LogP contribution in [0.3, 0.4) is 0 Å². The molecule has 0 radical (unpaired) electrons. The van der Waals surface area contributed by atoms with Crippen LogP contribution in [0, 0.1) is 0 Å². The van der Waals surface area contributed by atoms with Crippen molar-refractivity contribution in [3.8, 4) is 0 Å². The summed E-state index contributed by atoms with van der Waals surface area (Å²) >= 11 is 0. The largest absolute Gasteiger partial charge is 0.370 e. The number of carbonyl (C=O) groups is 1. The topological polar surface area (TPSA) is 92.3 Å². The number of anilines is 1. The van der Waals surface area contributed by atoms with Gasteiger partial charge in [-0.1, -0.05) is 30.3 Å². The van der Waals surface area contributed by atoms with Gasteiger partial charge in [0.15, 0.2) is 9.84 Å². The Bertz CT molecular complexity index is 871. The maximum absolute atomic E-state index is 12.6. The second-order valence-electron chi connectivity index (χ2n) is 6.42. The van der Waals surface area contributed by atoms with Gasteiger partial charge >= 0.3 is 0 Å². The average molecular weight is 374 g/mol. The van der Waals surface area contributed by atoms with E-state index in [0.29, 0.717) is 18.8 Å². The van der Waals surface area contributed by atoms with E-state index in [1.807, 2.05) is 18.2 Å². The number of rotatable bonds is 6. The minimum atomic E-state index is -3.04. The Morgan fingerprint density at radius 2 is 2.04 bits per heavy atom. The molecule has 1 unspecified atom stereocenters. The van der Waals surface area contributed by atoms with E-state index in [1.165, 1.54) is 16.8 Å². The molecule has 2 heterocycles. The van der Waals surface area contributed by atoms with Crippen molar-refractivity contribution in [2.45, 2.75) is 18.9 Å². The molecule has 7 nitrogen and oxygen atoms in total. The number of nitrogens with one attached hydrogen (secondary N) is 1. The van der Waals surface area contributed by atoms with E-state index in [2.05, 4.69) is 27.4 Å². The lowest BCUT2D eigenvalue weighted by atomic mass is 10.1. The molecule has 1 saturated heterocycles. The Hall–Kier alpha value is -2.48. The third-order valence-electron chi connectivity index (χ3n) is 4.53. The van der Waals surface area contributed by atoms with Crippen molar-refractivity contribution in [2.75, 3.05) is 30.4 Å². The maximum Gasteiger partial charge on any atom is 0.272 e. The number of nitrogens with zero attached hydrogens (tertiary/aromatic N) is 3. The zero-order valence-corrected chi connectivity index (χ0v) is 15.4. The van der Waals surface area contributed by atoms with E-state index in [4.69, 9.17) is 0 Å². The van der Waals surface area contributed by atoms with Crippen LogP contribution in [0.1, 0.15) is 22.5 Å². The lowest BCUT2D eigenvalue weighted by molar-refractivity contribution is 0.0741. The van der Waals surface area contributed by atoms with E-state index in [1.54, 1.807) is 13.1 Å². The fourth-order valence-electron chi connectivity index (χ4n) is 2.98. The lowest BCUT2D eigenvalue weighted by Crippen LogP contribution is -2.38. The van der Waals surface area contributed by atoms with Gasteiger partial charge in [-0.15, -0.1) is 0 Å². The zero-order chi connectivity index (χ0) is 18.6. The summed E-state index contributed by atoms with van der Waals surface area (Å²) in [5, 5.41) is 3.19. The molecule has 0 bridgehead atoms. The van der Waals surface area contributed by atoms with Crippen LogP contribution in [0.2, 0.25) is 0 Å². The molecule has 0 spiro atoms. The predicted octanol–water partition coefficient (Wildman–Crippen LogP) is 1.39. The van der Waals surface area contributed by atoms with E-state index in [0.717, 1.165) is 6.42 Å². The lowest BCUT2D eigenvalue weighted by Gasteiger charge is -2.23. The fourth-order valence-corrected chi connectivity index (χ4v) is 4.75. The fraction of sp³-hybridized carbons (Fsp3) is 0.389. The second kappa shape index (κ2) is 7.82. The summed E-state index contributed by atoms with van der Waals surface area (Å²) in [5.41, 5.74) is 1.47. The van der Waals surface area contributed by atoms with Crippen LogP contribution in [0.15, 0.2) is 42.7 Å². The van der Waals surface area contributed by atoms with Gasteiger partial charge in [-0.3, -0.25) is 4.79 Å². The normalized spacial score (nSPS) is 18.4. The quantitative estimate of drug-likeness (QED) is 0.821. The Morgan fingerprint density at radius 3 is 2.73 bits per heavy atom. The molecule has 138 valence electrons. The summed E-state index contributed by atoms with van der Waals surface area (Å²) in [4.78, 5) is 22.3. The van der Waals surface area contributed by atoms with Crippen LogP contribution in [0.25, 0.3) is 0 Å². The predicted molar refractivity (Wildman–Crippen MR) is 99.8 cm³/mol. The minimum Gasteiger partial charge on any atom is -0.370 e.